The Labute approximate surface area is 171 Å². The van der Waals surface area contributed by atoms with Crippen molar-refractivity contribution in [3.8, 4) is 22.8 Å². The molecule has 28 heavy (non-hydrogen) atoms. The lowest BCUT2D eigenvalue weighted by atomic mass is 10.1. The van der Waals surface area contributed by atoms with Crippen LogP contribution in [0, 0.1) is 0 Å². The fourth-order valence-electron chi connectivity index (χ4n) is 3.19. The molecule has 0 fully saturated rings. The first-order valence-corrected chi connectivity index (χ1v) is 9.45. The lowest BCUT2D eigenvalue weighted by Crippen LogP contribution is -3.11. The highest BCUT2D eigenvalue weighted by Gasteiger charge is 2.13. The van der Waals surface area contributed by atoms with Gasteiger partial charge in [0, 0.05) is 30.2 Å². The smallest absolute Gasteiger partial charge is 0.197 e. The van der Waals surface area contributed by atoms with Crippen molar-refractivity contribution in [3.63, 3.8) is 0 Å². The maximum atomic E-state index is 12.4. The summed E-state index contributed by atoms with van der Waals surface area (Å²) in [5.41, 5.74) is 0.861. The molecule has 0 unspecified atom stereocenters. The number of hydrogen-bond donors (Lipinski definition) is 2. The van der Waals surface area contributed by atoms with E-state index >= 15 is 0 Å². The Morgan fingerprint density at radius 3 is 2.46 bits per heavy atom. The zero-order chi connectivity index (χ0) is 19.2. The van der Waals surface area contributed by atoms with E-state index in [-0.39, 0.29) is 29.0 Å². The molecule has 3 aromatic rings. The zero-order valence-corrected chi connectivity index (χ0v) is 17.0. The molecule has 1 heterocycles. The van der Waals surface area contributed by atoms with Crippen LogP contribution in [0.2, 0.25) is 0 Å². The van der Waals surface area contributed by atoms with E-state index in [2.05, 4.69) is 13.8 Å². The molecule has 0 aliphatic heterocycles. The van der Waals surface area contributed by atoms with Gasteiger partial charge < -0.3 is 31.6 Å². The predicted molar refractivity (Wildman–Crippen MR) is 107 cm³/mol. The van der Waals surface area contributed by atoms with Crippen molar-refractivity contribution >= 4 is 11.0 Å². The van der Waals surface area contributed by atoms with Gasteiger partial charge in [0.1, 0.15) is 28.2 Å². The molecule has 3 rings (SSSR count). The second kappa shape index (κ2) is 10.2. The van der Waals surface area contributed by atoms with Crippen molar-refractivity contribution in [3.05, 3.63) is 58.8 Å². The molecule has 0 saturated heterocycles. The van der Waals surface area contributed by atoms with Gasteiger partial charge in [0.25, 0.3) is 0 Å². The number of phenolic OH excluding ortho intramolecular Hbond substituents is 1. The summed E-state index contributed by atoms with van der Waals surface area (Å²) < 4.78 is 11.7. The van der Waals surface area contributed by atoms with Crippen molar-refractivity contribution in [1.29, 1.82) is 0 Å². The van der Waals surface area contributed by atoms with Crippen molar-refractivity contribution in [1.82, 2.24) is 0 Å². The normalized spacial score (nSPS) is 10.8. The first-order valence-electron chi connectivity index (χ1n) is 9.45. The summed E-state index contributed by atoms with van der Waals surface area (Å²) in [5, 5.41) is 10.4. The Hall–Kier alpha value is -2.50. The number of rotatable bonds is 8. The molecule has 0 radical (unpaired) electrons. The van der Waals surface area contributed by atoms with Crippen LogP contribution in [0.1, 0.15) is 20.3 Å². The Bertz CT molecular complexity index is 952. The molecule has 0 bridgehead atoms. The fraction of sp³-hybridized carbons (Fsp3) is 0.318. The van der Waals surface area contributed by atoms with Crippen LogP contribution in [0.4, 0.5) is 0 Å². The number of nitrogens with one attached hydrogen (secondary N) is 1. The number of benzene rings is 2. The number of phenols is 1. The molecule has 0 atom stereocenters. The number of ether oxygens (including phenoxy) is 1. The maximum absolute atomic E-state index is 12.4. The van der Waals surface area contributed by atoms with Gasteiger partial charge in [-0.1, -0.05) is 30.3 Å². The van der Waals surface area contributed by atoms with E-state index < -0.39 is 0 Å². The van der Waals surface area contributed by atoms with Crippen LogP contribution in [0.3, 0.4) is 0 Å². The lowest BCUT2D eigenvalue weighted by Gasteiger charge is -2.15. The highest BCUT2D eigenvalue weighted by atomic mass is 35.5. The lowest BCUT2D eigenvalue weighted by molar-refractivity contribution is -0.896. The third-order valence-electron chi connectivity index (χ3n) is 4.79. The summed E-state index contributed by atoms with van der Waals surface area (Å²) in [7, 11) is 0. The molecule has 150 valence electrons. The van der Waals surface area contributed by atoms with Gasteiger partial charge in [-0.25, -0.2) is 0 Å². The van der Waals surface area contributed by atoms with Crippen molar-refractivity contribution in [2.24, 2.45) is 0 Å². The summed E-state index contributed by atoms with van der Waals surface area (Å²) in [5.74, 6) is 0.850. The Kier molecular flexibility index (Phi) is 7.91. The minimum Gasteiger partial charge on any atom is -1.00 e. The molecule has 0 amide bonds. The SMILES string of the molecule is CC[NH+](CC)CCCOc1cc(O)c2c(=O)cc(-c3ccccc3)oc2c1.[Cl-]. The van der Waals surface area contributed by atoms with E-state index in [0.717, 1.165) is 31.6 Å². The topological polar surface area (TPSA) is 64.1 Å². The molecule has 6 heteroatoms. The van der Waals surface area contributed by atoms with Gasteiger partial charge in [0.15, 0.2) is 5.43 Å². The van der Waals surface area contributed by atoms with Gasteiger partial charge in [-0.15, -0.1) is 0 Å². The van der Waals surface area contributed by atoms with Crippen molar-refractivity contribution in [2.75, 3.05) is 26.2 Å². The molecule has 0 aliphatic carbocycles. The Balaban J connectivity index is 0.00000280. The number of fused-ring (bicyclic) bond motifs is 1. The summed E-state index contributed by atoms with van der Waals surface area (Å²) in [6.45, 7) is 8.14. The quantitative estimate of drug-likeness (QED) is 0.514. The molecule has 1 aromatic heterocycles. The van der Waals surface area contributed by atoms with Gasteiger partial charge in [-0.3, -0.25) is 4.79 Å². The largest absolute Gasteiger partial charge is 1.00 e. The third-order valence-corrected chi connectivity index (χ3v) is 4.79. The number of hydrogen-bond acceptors (Lipinski definition) is 4. The Morgan fingerprint density at radius 2 is 1.79 bits per heavy atom. The van der Waals surface area contributed by atoms with Crippen LogP contribution in [0.15, 0.2) is 57.7 Å². The highest BCUT2D eigenvalue weighted by Crippen LogP contribution is 2.31. The highest BCUT2D eigenvalue weighted by molar-refractivity contribution is 5.86. The minimum absolute atomic E-state index is 0. The van der Waals surface area contributed by atoms with Crippen LogP contribution in [-0.2, 0) is 0 Å². The van der Waals surface area contributed by atoms with Crippen molar-refractivity contribution in [2.45, 2.75) is 20.3 Å². The monoisotopic (exact) mass is 403 g/mol. The average Bonchev–Trinajstić information content (AvgIpc) is 2.68. The molecular formula is C22H26ClNO4. The molecular weight excluding hydrogens is 378 g/mol. The second-order valence-corrected chi connectivity index (χ2v) is 6.57. The molecule has 5 nitrogen and oxygen atoms in total. The Morgan fingerprint density at radius 1 is 1.07 bits per heavy atom. The minimum atomic E-state index is -0.274. The molecule has 0 saturated carbocycles. The molecule has 2 N–H and O–H groups in total. The van der Waals surface area contributed by atoms with E-state index in [4.69, 9.17) is 9.15 Å². The van der Waals surface area contributed by atoms with E-state index in [1.807, 2.05) is 30.3 Å². The average molecular weight is 404 g/mol. The standard InChI is InChI=1S/C22H25NO4.ClH/c1-3-23(4-2)11-8-12-26-17-13-18(24)22-19(25)15-20(27-21(22)14-17)16-9-6-5-7-10-16;/h5-7,9-10,13-15,24H,3-4,8,11-12H2,1-2H3;1H. The van der Waals surface area contributed by atoms with Gasteiger partial charge in [0.2, 0.25) is 0 Å². The van der Waals surface area contributed by atoms with Gasteiger partial charge in [-0.05, 0) is 13.8 Å². The summed E-state index contributed by atoms with van der Waals surface area (Å²) >= 11 is 0. The van der Waals surface area contributed by atoms with Gasteiger partial charge in [-0.2, -0.15) is 0 Å². The first-order chi connectivity index (χ1) is 13.1. The fourth-order valence-corrected chi connectivity index (χ4v) is 3.19. The number of halogens is 1. The van der Waals surface area contributed by atoms with Crippen LogP contribution >= 0.6 is 0 Å². The first kappa shape index (κ1) is 21.8. The number of aromatic hydroxyl groups is 1. The van der Waals surface area contributed by atoms with Gasteiger partial charge in [0.05, 0.1) is 26.2 Å². The van der Waals surface area contributed by atoms with E-state index in [1.165, 1.54) is 17.0 Å². The van der Waals surface area contributed by atoms with E-state index in [9.17, 15) is 9.90 Å². The molecule has 0 spiro atoms. The van der Waals surface area contributed by atoms with Gasteiger partial charge >= 0.3 is 0 Å². The van der Waals surface area contributed by atoms with Crippen LogP contribution in [0.25, 0.3) is 22.3 Å². The van der Waals surface area contributed by atoms with Crippen LogP contribution < -0.4 is 27.5 Å². The third kappa shape index (κ3) is 5.06. The zero-order valence-electron chi connectivity index (χ0n) is 16.2. The van der Waals surface area contributed by atoms with Crippen molar-refractivity contribution < 1.29 is 31.6 Å². The molecule has 2 aromatic carbocycles. The second-order valence-electron chi connectivity index (χ2n) is 6.57. The van der Waals surface area contributed by atoms with E-state index in [0.29, 0.717) is 23.7 Å². The van der Waals surface area contributed by atoms with Crippen LogP contribution in [-0.4, -0.2) is 31.3 Å². The number of quaternary nitrogens is 1. The van der Waals surface area contributed by atoms with E-state index in [1.54, 1.807) is 6.07 Å². The summed E-state index contributed by atoms with van der Waals surface area (Å²) in [6, 6.07) is 14.0. The molecule has 0 aliphatic rings. The van der Waals surface area contributed by atoms with Crippen LogP contribution in [0.5, 0.6) is 11.5 Å². The maximum Gasteiger partial charge on any atom is 0.197 e. The predicted octanol–water partition coefficient (Wildman–Crippen LogP) is -0.137. The summed E-state index contributed by atoms with van der Waals surface area (Å²) in [6.07, 6.45) is 0.920. The summed E-state index contributed by atoms with van der Waals surface area (Å²) in [4.78, 5) is 14.0.